The number of aromatic nitrogens is 2. The lowest BCUT2D eigenvalue weighted by Crippen LogP contribution is -2.11. The van der Waals surface area contributed by atoms with E-state index in [9.17, 15) is 13.6 Å². The molecule has 0 radical (unpaired) electrons. The first-order valence-electron chi connectivity index (χ1n) is 7.18. The maximum absolute atomic E-state index is 12.3. The highest BCUT2D eigenvalue weighted by Gasteiger charge is 2.15. The van der Waals surface area contributed by atoms with Gasteiger partial charge in [0.2, 0.25) is 0 Å². The molecule has 2 rings (SSSR count). The van der Waals surface area contributed by atoms with Crippen molar-refractivity contribution in [3.05, 3.63) is 47.3 Å². The minimum Gasteiger partial charge on any atom is -0.462 e. The molecule has 0 fully saturated rings. The standard InChI is InChI=1S/C16H18F2N2O3/c1-11-9-13(10-12(2)14(11)23-16(17)18)15(21)22-8-4-7-20-6-3-5-19-20/h3,5-6,9-10,16H,4,7-8H2,1-2H3. The Morgan fingerprint density at radius 3 is 2.57 bits per heavy atom. The van der Waals surface area contributed by atoms with Crippen LogP contribution in [0, 0.1) is 13.8 Å². The number of hydrogen-bond acceptors (Lipinski definition) is 4. The van der Waals surface area contributed by atoms with Gasteiger partial charge in [0, 0.05) is 25.4 Å². The van der Waals surface area contributed by atoms with E-state index in [1.54, 1.807) is 24.7 Å². The molecule has 0 bridgehead atoms. The molecule has 0 aliphatic rings. The van der Waals surface area contributed by atoms with E-state index >= 15 is 0 Å². The van der Waals surface area contributed by atoms with Crippen LogP contribution in [0.5, 0.6) is 5.75 Å². The van der Waals surface area contributed by atoms with Crippen LogP contribution < -0.4 is 4.74 Å². The van der Waals surface area contributed by atoms with Gasteiger partial charge < -0.3 is 9.47 Å². The van der Waals surface area contributed by atoms with Crippen molar-refractivity contribution >= 4 is 5.97 Å². The Bertz CT molecular complexity index is 634. The van der Waals surface area contributed by atoms with Gasteiger partial charge in [-0.3, -0.25) is 4.68 Å². The van der Waals surface area contributed by atoms with E-state index in [1.165, 1.54) is 12.1 Å². The number of halogens is 2. The summed E-state index contributed by atoms with van der Waals surface area (Å²) in [5, 5.41) is 4.05. The Morgan fingerprint density at radius 2 is 2.00 bits per heavy atom. The first kappa shape index (κ1) is 16.9. The fourth-order valence-corrected chi connectivity index (χ4v) is 2.25. The summed E-state index contributed by atoms with van der Waals surface area (Å²) in [4.78, 5) is 12.0. The molecule has 0 atom stereocenters. The number of aryl methyl sites for hydroxylation is 3. The molecule has 0 N–H and O–H groups in total. The number of carbonyl (C=O) groups is 1. The maximum atomic E-state index is 12.3. The molecule has 2 aromatic rings. The summed E-state index contributed by atoms with van der Waals surface area (Å²) in [5.74, 6) is -0.393. The van der Waals surface area contributed by atoms with Crippen LogP contribution in [0.3, 0.4) is 0 Å². The Balaban J connectivity index is 1.91. The summed E-state index contributed by atoms with van der Waals surface area (Å²) in [6.07, 6.45) is 4.15. The van der Waals surface area contributed by atoms with Crippen molar-refractivity contribution < 1.29 is 23.0 Å². The van der Waals surface area contributed by atoms with Crippen molar-refractivity contribution in [2.24, 2.45) is 0 Å². The van der Waals surface area contributed by atoms with Crippen molar-refractivity contribution in [3.8, 4) is 5.75 Å². The number of rotatable bonds is 7. The van der Waals surface area contributed by atoms with Crippen molar-refractivity contribution in [2.45, 2.75) is 33.4 Å². The Morgan fingerprint density at radius 1 is 1.30 bits per heavy atom. The molecule has 0 aliphatic carbocycles. The zero-order valence-corrected chi connectivity index (χ0v) is 13.0. The molecule has 0 saturated heterocycles. The molecule has 1 aromatic carbocycles. The third kappa shape index (κ3) is 4.77. The highest BCUT2D eigenvalue weighted by atomic mass is 19.3. The van der Waals surface area contributed by atoms with Gasteiger partial charge in [-0.2, -0.15) is 13.9 Å². The van der Waals surface area contributed by atoms with E-state index < -0.39 is 12.6 Å². The van der Waals surface area contributed by atoms with Gasteiger partial charge in [0.25, 0.3) is 0 Å². The number of esters is 1. The number of benzene rings is 1. The van der Waals surface area contributed by atoms with E-state index in [0.717, 1.165) is 0 Å². The summed E-state index contributed by atoms with van der Waals surface area (Å²) < 4.78 is 36.1. The average Bonchev–Trinajstić information content (AvgIpc) is 3.00. The van der Waals surface area contributed by atoms with Crippen molar-refractivity contribution in [3.63, 3.8) is 0 Å². The zero-order chi connectivity index (χ0) is 16.8. The molecule has 0 aliphatic heterocycles. The lowest BCUT2D eigenvalue weighted by atomic mass is 10.1. The molecule has 5 nitrogen and oxygen atoms in total. The molecule has 0 unspecified atom stereocenters. The normalized spacial score (nSPS) is 10.8. The number of nitrogens with zero attached hydrogens (tertiary/aromatic N) is 2. The fraction of sp³-hybridized carbons (Fsp3) is 0.375. The van der Waals surface area contributed by atoms with Gasteiger partial charge in [0.15, 0.2) is 0 Å². The topological polar surface area (TPSA) is 53.4 Å². The first-order chi connectivity index (χ1) is 11.0. The Kier molecular flexibility index (Phi) is 5.67. The van der Waals surface area contributed by atoms with Gasteiger partial charge >= 0.3 is 12.6 Å². The zero-order valence-electron chi connectivity index (χ0n) is 13.0. The Labute approximate surface area is 132 Å². The van der Waals surface area contributed by atoms with Crippen LogP contribution >= 0.6 is 0 Å². The molecule has 7 heteroatoms. The third-order valence-electron chi connectivity index (χ3n) is 3.23. The number of hydrogen-bond donors (Lipinski definition) is 0. The van der Waals surface area contributed by atoms with Crippen LogP contribution in [0.2, 0.25) is 0 Å². The van der Waals surface area contributed by atoms with Crippen LogP contribution in [0.15, 0.2) is 30.6 Å². The lowest BCUT2D eigenvalue weighted by Gasteiger charge is -2.13. The van der Waals surface area contributed by atoms with E-state index in [1.807, 2.05) is 12.3 Å². The van der Waals surface area contributed by atoms with Crippen LogP contribution in [0.25, 0.3) is 0 Å². The lowest BCUT2D eigenvalue weighted by molar-refractivity contribution is -0.0507. The Hall–Kier alpha value is -2.44. The molecule has 0 amide bonds. The van der Waals surface area contributed by atoms with Crippen molar-refractivity contribution in [2.75, 3.05) is 6.61 Å². The van der Waals surface area contributed by atoms with Crippen LogP contribution in [-0.2, 0) is 11.3 Å². The van der Waals surface area contributed by atoms with Gasteiger partial charge in [-0.05, 0) is 43.2 Å². The second-order valence-corrected chi connectivity index (χ2v) is 5.08. The largest absolute Gasteiger partial charge is 0.462 e. The average molecular weight is 324 g/mol. The van der Waals surface area contributed by atoms with Crippen molar-refractivity contribution in [1.29, 1.82) is 0 Å². The summed E-state index contributed by atoms with van der Waals surface area (Å²) >= 11 is 0. The monoisotopic (exact) mass is 324 g/mol. The van der Waals surface area contributed by atoms with Crippen molar-refractivity contribution in [1.82, 2.24) is 9.78 Å². The third-order valence-corrected chi connectivity index (χ3v) is 3.23. The summed E-state index contributed by atoms with van der Waals surface area (Å²) in [6, 6.07) is 4.79. The van der Waals surface area contributed by atoms with Gasteiger partial charge in [-0.25, -0.2) is 4.79 Å². The smallest absolute Gasteiger partial charge is 0.387 e. The number of ether oxygens (including phenoxy) is 2. The molecule has 1 heterocycles. The van der Waals surface area contributed by atoms with Crippen LogP contribution in [0.4, 0.5) is 8.78 Å². The van der Waals surface area contributed by atoms with Gasteiger partial charge in [-0.15, -0.1) is 0 Å². The predicted octanol–water partition coefficient (Wildman–Crippen LogP) is 3.35. The molecular formula is C16H18F2N2O3. The summed E-state index contributed by atoms with van der Waals surface area (Å²) in [7, 11) is 0. The van der Waals surface area contributed by atoms with Gasteiger partial charge in [0.1, 0.15) is 5.75 Å². The van der Waals surface area contributed by atoms with Gasteiger partial charge in [-0.1, -0.05) is 0 Å². The molecular weight excluding hydrogens is 306 g/mol. The molecule has 0 spiro atoms. The summed E-state index contributed by atoms with van der Waals surface area (Å²) in [6.45, 7) is 1.23. The fourth-order valence-electron chi connectivity index (χ4n) is 2.25. The highest BCUT2D eigenvalue weighted by Crippen LogP contribution is 2.26. The quantitative estimate of drug-likeness (QED) is 0.579. The number of carbonyl (C=O) groups excluding carboxylic acids is 1. The molecule has 1 aromatic heterocycles. The van der Waals surface area contributed by atoms with E-state index in [4.69, 9.17) is 4.74 Å². The first-order valence-corrected chi connectivity index (χ1v) is 7.18. The minimum absolute atomic E-state index is 0.0928. The van der Waals surface area contributed by atoms with E-state index in [2.05, 4.69) is 9.84 Å². The second kappa shape index (κ2) is 7.71. The summed E-state index contributed by atoms with van der Waals surface area (Å²) in [5.41, 5.74) is 1.25. The second-order valence-electron chi connectivity index (χ2n) is 5.08. The highest BCUT2D eigenvalue weighted by molar-refractivity contribution is 5.90. The van der Waals surface area contributed by atoms with Crippen LogP contribution in [0.1, 0.15) is 27.9 Å². The van der Waals surface area contributed by atoms with E-state index in [-0.39, 0.29) is 12.4 Å². The SMILES string of the molecule is Cc1cc(C(=O)OCCCn2cccn2)cc(C)c1OC(F)F. The maximum Gasteiger partial charge on any atom is 0.387 e. The minimum atomic E-state index is -2.90. The van der Waals surface area contributed by atoms with Crippen LogP contribution in [-0.4, -0.2) is 29.0 Å². The molecule has 124 valence electrons. The molecule has 0 saturated carbocycles. The van der Waals surface area contributed by atoms with E-state index in [0.29, 0.717) is 29.7 Å². The number of alkyl halides is 2. The predicted molar refractivity (Wildman–Crippen MR) is 79.7 cm³/mol. The van der Waals surface area contributed by atoms with Gasteiger partial charge in [0.05, 0.1) is 12.2 Å². The molecule has 23 heavy (non-hydrogen) atoms.